The summed E-state index contributed by atoms with van der Waals surface area (Å²) in [5.41, 5.74) is 2.48. The molecule has 210 valence electrons. The maximum absolute atomic E-state index is 12.6. The van der Waals surface area contributed by atoms with Crippen molar-refractivity contribution >= 4 is 15.7 Å². The van der Waals surface area contributed by atoms with Gasteiger partial charge in [0.25, 0.3) is 11.4 Å². The number of ether oxygens (including phenoxy) is 1. The molecule has 0 amide bonds. The van der Waals surface area contributed by atoms with E-state index in [0.717, 1.165) is 23.4 Å². The second kappa shape index (κ2) is 10.8. The highest BCUT2D eigenvalue weighted by Gasteiger charge is 2.31. The van der Waals surface area contributed by atoms with Gasteiger partial charge < -0.3 is 18.7 Å². The van der Waals surface area contributed by atoms with Crippen LogP contribution in [0.2, 0.25) is 0 Å². The summed E-state index contributed by atoms with van der Waals surface area (Å²) >= 11 is 0. The molecule has 1 fully saturated rings. The molecule has 0 saturated carbocycles. The topological polar surface area (TPSA) is 111 Å². The summed E-state index contributed by atoms with van der Waals surface area (Å²) in [6.07, 6.45) is -1.99. The molecule has 0 atom stereocenters. The van der Waals surface area contributed by atoms with E-state index in [1.165, 1.54) is 33.3 Å². The van der Waals surface area contributed by atoms with E-state index < -0.39 is 16.4 Å². The van der Waals surface area contributed by atoms with Gasteiger partial charge in [0.15, 0.2) is 0 Å². The molecule has 14 heteroatoms. The van der Waals surface area contributed by atoms with Crippen LogP contribution in [0.4, 0.5) is 18.9 Å². The molecular formula is C26H24F3N5O5S. The number of sulfonamides is 1. The van der Waals surface area contributed by atoms with E-state index in [0.29, 0.717) is 37.3 Å². The van der Waals surface area contributed by atoms with Gasteiger partial charge in [0.2, 0.25) is 15.8 Å². The van der Waals surface area contributed by atoms with E-state index in [9.17, 15) is 26.4 Å². The molecular weight excluding hydrogens is 551 g/mol. The van der Waals surface area contributed by atoms with E-state index >= 15 is 0 Å². The number of hydrogen-bond acceptors (Lipinski definition) is 8. The Morgan fingerprint density at radius 2 is 1.68 bits per heavy atom. The monoisotopic (exact) mass is 575 g/mol. The first-order valence-corrected chi connectivity index (χ1v) is 14.0. The number of aromatic nitrogens is 3. The van der Waals surface area contributed by atoms with Gasteiger partial charge in [-0.25, -0.2) is 8.42 Å². The molecule has 0 radical (unpaired) electrons. The van der Waals surface area contributed by atoms with Crippen LogP contribution in [0.5, 0.6) is 5.75 Å². The van der Waals surface area contributed by atoms with Crippen molar-refractivity contribution in [3.05, 3.63) is 82.8 Å². The van der Waals surface area contributed by atoms with Gasteiger partial charge in [0.1, 0.15) is 5.75 Å². The molecule has 1 aliphatic heterocycles. The van der Waals surface area contributed by atoms with Gasteiger partial charge in [0.05, 0.1) is 18.4 Å². The fourth-order valence-electron chi connectivity index (χ4n) is 4.37. The zero-order valence-electron chi connectivity index (χ0n) is 21.2. The van der Waals surface area contributed by atoms with Gasteiger partial charge in [-0.05, 0) is 48.0 Å². The molecule has 2 aromatic heterocycles. The second-order valence-electron chi connectivity index (χ2n) is 9.20. The third kappa shape index (κ3) is 6.51. The van der Waals surface area contributed by atoms with Crippen LogP contribution in [-0.2, 0) is 16.6 Å². The van der Waals surface area contributed by atoms with Crippen molar-refractivity contribution in [3.8, 4) is 28.6 Å². The maximum atomic E-state index is 12.6. The Labute approximate surface area is 227 Å². The molecule has 2 aromatic carbocycles. The fraction of sp³-hybridized carbons (Fsp3) is 0.269. The minimum absolute atomic E-state index is 0.136. The Balaban J connectivity index is 1.30. The number of alkyl halides is 3. The smallest absolute Gasteiger partial charge is 0.406 e. The molecule has 4 aromatic rings. The van der Waals surface area contributed by atoms with E-state index in [-0.39, 0.29) is 29.6 Å². The number of benzene rings is 2. The molecule has 1 saturated heterocycles. The lowest BCUT2D eigenvalue weighted by Crippen LogP contribution is -2.48. The number of hydrogen-bond donors (Lipinski definition) is 0. The average molecular weight is 576 g/mol. The minimum Gasteiger partial charge on any atom is -0.406 e. The predicted octanol–water partition coefficient (Wildman–Crippen LogP) is 3.59. The molecule has 0 spiro atoms. The predicted molar refractivity (Wildman–Crippen MR) is 140 cm³/mol. The first kappa shape index (κ1) is 27.4. The van der Waals surface area contributed by atoms with Crippen LogP contribution in [-0.4, -0.2) is 66.2 Å². The van der Waals surface area contributed by atoms with Crippen molar-refractivity contribution in [3.63, 3.8) is 0 Å². The Morgan fingerprint density at radius 3 is 2.35 bits per heavy atom. The molecule has 40 heavy (non-hydrogen) atoms. The zero-order chi connectivity index (χ0) is 28.5. The molecule has 0 aliphatic carbocycles. The number of rotatable bonds is 7. The van der Waals surface area contributed by atoms with Crippen LogP contribution in [0.25, 0.3) is 22.8 Å². The van der Waals surface area contributed by atoms with Gasteiger partial charge in [0, 0.05) is 49.7 Å². The molecule has 0 unspecified atom stereocenters. The highest BCUT2D eigenvalue weighted by Crippen LogP contribution is 2.27. The lowest BCUT2D eigenvalue weighted by atomic mass is 10.1. The van der Waals surface area contributed by atoms with Gasteiger partial charge in [-0.2, -0.15) is 9.29 Å². The van der Waals surface area contributed by atoms with Crippen molar-refractivity contribution in [1.82, 2.24) is 19.0 Å². The van der Waals surface area contributed by atoms with Crippen molar-refractivity contribution in [1.29, 1.82) is 0 Å². The van der Waals surface area contributed by atoms with E-state index in [1.807, 2.05) is 24.3 Å². The number of halogens is 3. The molecule has 0 N–H and O–H groups in total. The summed E-state index contributed by atoms with van der Waals surface area (Å²) < 4.78 is 73.0. The summed E-state index contributed by atoms with van der Waals surface area (Å²) in [7, 11) is -3.23. The lowest BCUT2D eigenvalue weighted by molar-refractivity contribution is -0.274. The van der Waals surface area contributed by atoms with E-state index in [1.54, 1.807) is 12.3 Å². The first-order valence-electron chi connectivity index (χ1n) is 12.1. The van der Waals surface area contributed by atoms with Gasteiger partial charge in [-0.1, -0.05) is 17.3 Å². The number of anilines is 1. The lowest BCUT2D eigenvalue weighted by Gasteiger charge is -2.34. The summed E-state index contributed by atoms with van der Waals surface area (Å²) in [4.78, 5) is 19.0. The molecule has 1 aliphatic rings. The Hall–Kier alpha value is -4.17. The van der Waals surface area contributed by atoms with Crippen LogP contribution in [0, 0.1) is 0 Å². The summed E-state index contributed by atoms with van der Waals surface area (Å²) in [5.74, 6) is -0.0703. The normalized spacial score (nSPS) is 14.8. The third-order valence-electron chi connectivity index (χ3n) is 6.34. The summed E-state index contributed by atoms with van der Waals surface area (Å²) in [5, 5.41) is 3.90. The highest BCUT2D eigenvalue weighted by molar-refractivity contribution is 7.88. The average Bonchev–Trinajstić information content (AvgIpc) is 3.40. The molecule has 0 bridgehead atoms. The standard InChI is InChI=1S/C26H24F3N5O5S/c1-40(36,37)34-13-11-32(12-14-34)21-4-2-3-18(15-21)16-33-17-20(7-10-23(33)35)25-30-24(31-39-25)19-5-8-22(9-6-19)38-26(27,28)29/h2-10,15,17H,11-14,16H2,1H3. The van der Waals surface area contributed by atoms with Gasteiger partial charge >= 0.3 is 6.36 Å². The maximum Gasteiger partial charge on any atom is 0.573 e. The first-order chi connectivity index (χ1) is 18.9. The minimum atomic E-state index is -4.79. The van der Waals surface area contributed by atoms with Crippen LogP contribution < -0.4 is 15.2 Å². The van der Waals surface area contributed by atoms with Crippen molar-refractivity contribution in [2.45, 2.75) is 12.9 Å². The van der Waals surface area contributed by atoms with Crippen molar-refractivity contribution in [2.75, 3.05) is 37.3 Å². The Morgan fingerprint density at radius 1 is 0.975 bits per heavy atom. The Kier molecular flexibility index (Phi) is 7.38. The van der Waals surface area contributed by atoms with Crippen LogP contribution in [0.3, 0.4) is 0 Å². The largest absolute Gasteiger partial charge is 0.573 e. The third-order valence-corrected chi connectivity index (χ3v) is 7.64. The van der Waals surface area contributed by atoms with Crippen LogP contribution in [0.1, 0.15) is 5.56 Å². The zero-order valence-corrected chi connectivity index (χ0v) is 22.0. The van der Waals surface area contributed by atoms with Crippen LogP contribution >= 0.6 is 0 Å². The summed E-state index contributed by atoms with van der Waals surface area (Å²) in [6.45, 7) is 2.20. The number of nitrogens with zero attached hydrogens (tertiary/aromatic N) is 5. The van der Waals surface area contributed by atoms with Crippen LogP contribution in [0.15, 0.2) is 76.2 Å². The van der Waals surface area contributed by atoms with Gasteiger partial charge in [-0.15, -0.1) is 13.2 Å². The quantitative estimate of drug-likeness (QED) is 0.329. The van der Waals surface area contributed by atoms with E-state index in [4.69, 9.17) is 4.52 Å². The summed E-state index contributed by atoms with van der Waals surface area (Å²) in [6, 6.07) is 15.7. The molecule has 10 nitrogen and oxygen atoms in total. The second-order valence-corrected chi connectivity index (χ2v) is 11.2. The SMILES string of the molecule is CS(=O)(=O)N1CCN(c2cccc(Cn3cc(-c4nc(-c5ccc(OC(F)(F)F)cc5)no4)ccc3=O)c2)CC1. The van der Waals surface area contributed by atoms with Gasteiger partial charge in [-0.3, -0.25) is 4.79 Å². The fourth-order valence-corrected chi connectivity index (χ4v) is 5.20. The number of pyridine rings is 1. The van der Waals surface area contributed by atoms with Crippen molar-refractivity contribution < 1.29 is 30.8 Å². The number of piperazine rings is 1. The Bertz CT molecular complexity index is 1660. The van der Waals surface area contributed by atoms with E-state index in [2.05, 4.69) is 19.8 Å². The molecule has 5 rings (SSSR count). The van der Waals surface area contributed by atoms with Crippen molar-refractivity contribution in [2.24, 2.45) is 0 Å². The highest BCUT2D eigenvalue weighted by atomic mass is 32.2. The molecule has 3 heterocycles.